The van der Waals surface area contributed by atoms with E-state index in [1.807, 2.05) is 0 Å². The van der Waals surface area contributed by atoms with E-state index in [0.29, 0.717) is 12.1 Å². The van der Waals surface area contributed by atoms with Crippen LogP contribution in [0.25, 0.3) is 0 Å². The molecule has 0 saturated carbocycles. The van der Waals surface area contributed by atoms with Crippen molar-refractivity contribution in [2.75, 3.05) is 0 Å². The first-order valence-corrected chi connectivity index (χ1v) is 8.71. The fourth-order valence-corrected chi connectivity index (χ4v) is 2.76. The smallest absolute Gasteiger partial charge is 0.0294 e. The first-order valence-electron chi connectivity index (χ1n) is 8.71. The van der Waals surface area contributed by atoms with Crippen LogP contribution in [0.4, 0.5) is 0 Å². The lowest BCUT2D eigenvalue weighted by atomic mass is 9.86. The van der Waals surface area contributed by atoms with Crippen LogP contribution in [0.15, 0.2) is 24.3 Å². The molecule has 21 heavy (non-hydrogen) atoms. The minimum atomic E-state index is 0.238. The van der Waals surface area contributed by atoms with Crippen molar-refractivity contribution in [1.29, 1.82) is 0 Å². The van der Waals surface area contributed by atoms with E-state index in [-0.39, 0.29) is 5.41 Å². The second kappa shape index (κ2) is 8.58. The van der Waals surface area contributed by atoms with E-state index in [1.54, 1.807) is 0 Å². The Morgan fingerprint density at radius 2 is 1.57 bits per heavy atom. The van der Waals surface area contributed by atoms with Gasteiger partial charge in [-0.2, -0.15) is 0 Å². The largest absolute Gasteiger partial charge is 0.308 e. The summed E-state index contributed by atoms with van der Waals surface area (Å²) in [4.78, 5) is 0. The van der Waals surface area contributed by atoms with Crippen LogP contribution in [0.3, 0.4) is 0 Å². The average Bonchev–Trinajstić information content (AvgIpc) is 2.43. The van der Waals surface area contributed by atoms with Crippen molar-refractivity contribution >= 4 is 0 Å². The summed E-state index contributed by atoms with van der Waals surface area (Å²) in [6.45, 7) is 13.7. The SMILES string of the molecule is CCCCCCC(C)NC(C)c1ccc(C(C)(C)C)cc1. The molecule has 0 saturated heterocycles. The lowest BCUT2D eigenvalue weighted by Crippen LogP contribution is -2.28. The number of rotatable bonds is 8. The second-order valence-corrected chi connectivity index (χ2v) is 7.51. The molecular weight excluding hydrogens is 254 g/mol. The molecule has 1 nitrogen and oxygen atoms in total. The maximum Gasteiger partial charge on any atom is 0.0294 e. The van der Waals surface area contributed by atoms with E-state index in [2.05, 4.69) is 71.1 Å². The Morgan fingerprint density at radius 1 is 0.952 bits per heavy atom. The lowest BCUT2D eigenvalue weighted by Gasteiger charge is -2.23. The summed E-state index contributed by atoms with van der Waals surface area (Å²) in [7, 11) is 0. The van der Waals surface area contributed by atoms with Gasteiger partial charge in [0.25, 0.3) is 0 Å². The normalized spacial score (nSPS) is 15.0. The van der Waals surface area contributed by atoms with E-state index in [1.165, 1.54) is 43.2 Å². The molecule has 0 aliphatic heterocycles. The minimum Gasteiger partial charge on any atom is -0.308 e. The van der Waals surface area contributed by atoms with Gasteiger partial charge in [0, 0.05) is 12.1 Å². The van der Waals surface area contributed by atoms with Gasteiger partial charge in [0.1, 0.15) is 0 Å². The Balaban J connectivity index is 2.46. The molecule has 1 N–H and O–H groups in total. The molecule has 0 bridgehead atoms. The maximum atomic E-state index is 3.73. The highest BCUT2D eigenvalue weighted by atomic mass is 14.9. The third-order valence-electron chi connectivity index (χ3n) is 4.30. The van der Waals surface area contributed by atoms with E-state index in [9.17, 15) is 0 Å². The van der Waals surface area contributed by atoms with E-state index < -0.39 is 0 Å². The van der Waals surface area contributed by atoms with E-state index >= 15 is 0 Å². The van der Waals surface area contributed by atoms with Crippen molar-refractivity contribution in [3.05, 3.63) is 35.4 Å². The van der Waals surface area contributed by atoms with Crippen LogP contribution in [0.2, 0.25) is 0 Å². The van der Waals surface area contributed by atoms with Gasteiger partial charge in [-0.05, 0) is 36.8 Å². The van der Waals surface area contributed by atoms with Crippen LogP contribution in [-0.4, -0.2) is 6.04 Å². The number of hydrogen-bond donors (Lipinski definition) is 1. The van der Waals surface area contributed by atoms with Crippen molar-refractivity contribution in [2.24, 2.45) is 0 Å². The molecule has 0 aromatic heterocycles. The first-order chi connectivity index (χ1) is 9.84. The van der Waals surface area contributed by atoms with Crippen LogP contribution in [0, 0.1) is 0 Å². The fourth-order valence-electron chi connectivity index (χ4n) is 2.76. The minimum absolute atomic E-state index is 0.238. The highest BCUT2D eigenvalue weighted by molar-refractivity contribution is 5.29. The Labute approximate surface area is 132 Å². The van der Waals surface area contributed by atoms with Crippen molar-refractivity contribution < 1.29 is 0 Å². The summed E-state index contributed by atoms with van der Waals surface area (Å²) in [5.74, 6) is 0. The predicted molar refractivity (Wildman–Crippen MR) is 94.9 cm³/mol. The highest BCUT2D eigenvalue weighted by Crippen LogP contribution is 2.24. The molecular formula is C20H35N. The third-order valence-corrected chi connectivity index (χ3v) is 4.30. The van der Waals surface area contributed by atoms with Crippen molar-refractivity contribution in [3.8, 4) is 0 Å². The molecule has 0 heterocycles. The van der Waals surface area contributed by atoms with Gasteiger partial charge in [-0.1, -0.05) is 77.6 Å². The molecule has 0 amide bonds. The lowest BCUT2D eigenvalue weighted by molar-refractivity contribution is 0.437. The maximum absolute atomic E-state index is 3.73. The molecule has 0 aliphatic carbocycles. The highest BCUT2D eigenvalue weighted by Gasteiger charge is 2.14. The number of unbranched alkanes of at least 4 members (excludes halogenated alkanes) is 3. The summed E-state index contributed by atoms with van der Waals surface area (Å²) >= 11 is 0. The van der Waals surface area contributed by atoms with Crippen LogP contribution >= 0.6 is 0 Å². The number of hydrogen-bond acceptors (Lipinski definition) is 1. The van der Waals surface area contributed by atoms with Gasteiger partial charge in [0.05, 0.1) is 0 Å². The summed E-state index contributed by atoms with van der Waals surface area (Å²) in [5, 5.41) is 3.73. The Kier molecular flexibility index (Phi) is 7.45. The number of nitrogens with one attached hydrogen (secondary N) is 1. The van der Waals surface area contributed by atoms with Gasteiger partial charge >= 0.3 is 0 Å². The molecule has 0 aliphatic rings. The summed E-state index contributed by atoms with van der Waals surface area (Å²) in [5.41, 5.74) is 3.04. The second-order valence-electron chi connectivity index (χ2n) is 7.51. The van der Waals surface area contributed by atoms with Gasteiger partial charge < -0.3 is 5.32 Å². The molecule has 1 aromatic rings. The predicted octanol–water partition coefficient (Wildman–Crippen LogP) is 5.99. The molecule has 0 fully saturated rings. The van der Waals surface area contributed by atoms with E-state index in [0.717, 1.165) is 0 Å². The van der Waals surface area contributed by atoms with Gasteiger partial charge in [0.2, 0.25) is 0 Å². The van der Waals surface area contributed by atoms with Crippen LogP contribution in [0.5, 0.6) is 0 Å². The van der Waals surface area contributed by atoms with Crippen LogP contribution in [-0.2, 0) is 5.41 Å². The quantitative estimate of drug-likeness (QED) is 0.579. The van der Waals surface area contributed by atoms with Crippen LogP contribution < -0.4 is 5.32 Å². The molecule has 1 rings (SSSR count). The first kappa shape index (κ1) is 18.2. The zero-order valence-electron chi connectivity index (χ0n) is 15.0. The molecule has 1 aromatic carbocycles. The molecule has 1 heteroatoms. The Bertz CT molecular complexity index is 385. The zero-order chi connectivity index (χ0) is 15.9. The third kappa shape index (κ3) is 6.65. The van der Waals surface area contributed by atoms with Crippen molar-refractivity contribution in [2.45, 2.75) is 91.1 Å². The van der Waals surface area contributed by atoms with Crippen molar-refractivity contribution in [3.63, 3.8) is 0 Å². The van der Waals surface area contributed by atoms with Gasteiger partial charge in [-0.15, -0.1) is 0 Å². The summed E-state index contributed by atoms with van der Waals surface area (Å²) in [6.07, 6.45) is 6.69. The molecule has 2 atom stereocenters. The monoisotopic (exact) mass is 289 g/mol. The van der Waals surface area contributed by atoms with Gasteiger partial charge in [-0.25, -0.2) is 0 Å². The van der Waals surface area contributed by atoms with Crippen LogP contribution in [0.1, 0.15) is 90.8 Å². The van der Waals surface area contributed by atoms with Crippen molar-refractivity contribution in [1.82, 2.24) is 5.32 Å². The topological polar surface area (TPSA) is 12.0 Å². The Morgan fingerprint density at radius 3 is 2.10 bits per heavy atom. The molecule has 0 radical (unpaired) electrons. The fraction of sp³-hybridized carbons (Fsp3) is 0.700. The molecule has 120 valence electrons. The van der Waals surface area contributed by atoms with Gasteiger partial charge in [-0.3, -0.25) is 0 Å². The summed E-state index contributed by atoms with van der Waals surface area (Å²) in [6, 6.07) is 10.1. The Hall–Kier alpha value is -0.820. The zero-order valence-corrected chi connectivity index (χ0v) is 15.0. The molecule has 2 unspecified atom stereocenters. The average molecular weight is 290 g/mol. The molecule has 0 spiro atoms. The standard InChI is InChI=1S/C20H35N/c1-7-8-9-10-11-16(2)21-17(3)18-12-14-19(15-13-18)20(4,5)6/h12-17,21H,7-11H2,1-6H3. The summed E-state index contributed by atoms with van der Waals surface area (Å²) < 4.78 is 0. The number of benzene rings is 1. The van der Waals surface area contributed by atoms with Gasteiger partial charge in [0.15, 0.2) is 0 Å². The van der Waals surface area contributed by atoms with E-state index in [4.69, 9.17) is 0 Å².